The summed E-state index contributed by atoms with van der Waals surface area (Å²) in [5.74, 6) is -1.24. The molecule has 1 aliphatic rings. The van der Waals surface area contributed by atoms with Crippen molar-refractivity contribution in [2.75, 3.05) is 20.3 Å². The minimum absolute atomic E-state index is 0.185. The van der Waals surface area contributed by atoms with Crippen molar-refractivity contribution in [1.82, 2.24) is 5.32 Å². The van der Waals surface area contributed by atoms with E-state index >= 15 is 0 Å². The van der Waals surface area contributed by atoms with Gasteiger partial charge in [-0.3, -0.25) is 0 Å². The van der Waals surface area contributed by atoms with Gasteiger partial charge in [0, 0.05) is 12.5 Å². The summed E-state index contributed by atoms with van der Waals surface area (Å²) < 4.78 is 9.54. The maximum atomic E-state index is 10.9. The summed E-state index contributed by atoms with van der Waals surface area (Å²) in [7, 11) is 1.20. The molecular formula is C9H15NO5. The van der Waals surface area contributed by atoms with E-state index in [9.17, 15) is 9.59 Å². The molecule has 1 heterocycles. The van der Waals surface area contributed by atoms with Crippen LogP contribution in [0.25, 0.3) is 0 Å². The van der Waals surface area contributed by atoms with Crippen LogP contribution in [0.3, 0.4) is 0 Å². The molecule has 1 amide bonds. The van der Waals surface area contributed by atoms with Gasteiger partial charge in [0.2, 0.25) is 0 Å². The fourth-order valence-electron chi connectivity index (χ4n) is 1.60. The molecule has 0 saturated carbocycles. The highest BCUT2D eigenvalue weighted by atomic mass is 16.5. The molecular weight excluding hydrogens is 202 g/mol. The van der Waals surface area contributed by atoms with Crippen molar-refractivity contribution in [3.05, 3.63) is 0 Å². The number of aliphatic carboxylic acids is 1. The average Bonchev–Trinajstić information content (AvgIpc) is 2.26. The summed E-state index contributed by atoms with van der Waals surface area (Å²) in [6, 6.07) is -0.933. The van der Waals surface area contributed by atoms with Crippen molar-refractivity contribution < 1.29 is 24.2 Å². The summed E-state index contributed by atoms with van der Waals surface area (Å²) in [5.41, 5.74) is 0. The molecule has 1 saturated heterocycles. The second-order valence-corrected chi connectivity index (χ2v) is 3.43. The molecule has 2 N–H and O–H groups in total. The van der Waals surface area contributed by atoms with E-state index in [4.69, 9.17) is 9.84 Å². The normalized spacial score (nSPS) is 22.9. The Morgan fingerprint density at radius 1 is 1.60 bits per heavy atom. The van der Waals surface area contributed by atoms with Crippen LogP contribution in [-0.2, 0) is 14.3 Å². The number of alkyl carbamates (subject to hydrolysis) is 1. The van der Waals surface area contributed by atoms with E-state index in [-0.39, 0.29) is 5.92 Å². The average molecular weight is 217 g/mol. The third kappa shape index (κ3) is 3.39. The van der Waals surface area contributed by atoms with E-state index in [0.29, 0.717) is 13.2 Å². The molecule has 1 fully saturated rings. The Hall–Kier alpha value is -1.30. The summed E-state index contributed by atoms with van der Waals surface area (Å²) in [5, 5.41) is 11.2. The Balaban J connectivity index is 2.55. The van der Waals surface area contributed by atoms with E-state index in [1.54, 1.807) is 0 Å². The molecule has 1 aliphatic heterocycles. The minimum Gasteiger partial charge on any atom is -0.480 e. The topological polar surface area (TPSA) is 84.9 Å². The van der Waals surface area contributed by atoms with Crippen LogP contribution in [0.2, 0.25) is 0 Å². The molecule has 0 aliphatic carbocycles. The van der Waals surface area contributed by atoms with Gasteiger partial charge in [0.05, 0.1) is 13.7 Å². The van der Waals surface area contributed by atoms with Gasteiger partial charge in [-0.05, 0) is 12.8 Å². The molecule has 86 valence electrons. The monoisotopic (exact) mass is 217 g/mol. The Labute approximate surface area is 87.5 Å². The summed E-state index contributed by atoms with van der Waals surface area (Å²) in [6.45, 7) is 1.02. The van der Waals surface area contributed by atoms with E-state index in [2.05, 4.69) is 10.1 Å². The lowest BCUT2D eigenvalue weighted by Crippen LogP contribution is -2.48. The van der Waals surface area contributed by atoms with Crippen molar-refractivity contribution in [3.63, 3.8) is 0 Å². The highest BCUT2D eigenvalue weighted by Crippen LogP contribution is 2.17. The van der Waals surface area contributed by atoms with Crippen molar-refractivity contribution in [2.45, 2.75) is 18.9 Å². The lowest BCUT2D eigenvalue weighted by atomic mass is 9.94. The SMILES string of the molecule is COC(=O)N[C@H](C(=O)O)[C@H]1CCCOC1. The molecule has 0 aromatic rings. The first-order valence-electron chi connectivity index (χ1n) is 4.80. The van der Waals surface area contributed by atoms with Gasteiger partial charge in [0.25, 0.3) is 0 Å². The van der Waals surface area contributed by atoms with E-state index in [1.807, 2.05) is 0 Å². The molecule has 1 rings (SSSR count). The standard InChI is InChI=1S/C9H15NO5/c1-14-9(13)10-7(8(11)12)6-3-2-4-15-5-6/h6-7H,2-5H2,1H3,(H,10,13)(H,11,12)/t6-,7-/m0/s1. The van der Waals surface area contributed by atoms with Crippen LogP contribution in [0.5, 0.6) is 0 Å². The number of carboxylic acids is 1. The van der Waals surface area contributed by atoms with E-state index in [1.165, 1.54) is 7.11 Å². The number of carbonyl (C=O) groups is 2. The largest absolute Gasteiger partial charge is 0.480 e. The van der Waals surface area contributed by atoms with Gasteiger partial charge < -0.3 is 19.9 Å². The van der Waals surface area contributed by atoms with Gasteiger partial charge in [-0.1, -0.05) is 0 Å². The highest BCUT2D eigenvalue weighted by Gasteiger charge is 2.31. The van der Waals surface area contributed by atoms with Crippen LogP contribution < -0.4 is 5.32 Å². The molecule has 0 radical (unpaired) electrons. The van der Waals surface area contributed by atoms with Gasteiger partial charge in [0.15, 0.2) is 0 Å². The Kier molecular flexibility index (Phi) is 4.36. The first-order valence-corrected chi connectivity index (χ1v) is 4.80. The molecule has 15 heavy (non-hydrogen) atoms. The third-order valence-corrected chi connectivity index (χ3v) is 2.39. The number of methoxy groups -OCH3 is 1. The quantitative estimate of drug-likeness (QED) is 0.706. The molecule has 0 spiro atoms. The zero-order valence-electron chi connectivity index (χ0n) is 8.56. The molecule has 0 unspecified atom stereocenters. The predicted molar refractivity (Wildman–Crippen MR) is 50.5 cm³/mol. The summed E-state index contributed by atoms with van der Waals surface area (Å²) in [4.78, 5) is 21.9. The van der Waals surface area contributed by atoms with Crippen molar-refractivity contribution in [2.24, 2.45) is 5.92 Å². The van der Waals surface area contributed by atoms with Crippen LogP contribution in [0.15, 0.2) is 0 Å². The van der Waals surface area contributed by atoms with Crippen LogP contribution in [0, 0.1) is 5.92 Å². The molecule has 6 heteroatoms. The molecule has 0 aromatic carbocycles. The maximum Gasteiger partial charge on any atom is 0.407 e. The first kappa shape index (κ1) is 11.8. The van der Waals surface area contributed by atoms with Crippen molar-refractivity contribution in [1.29, 1.82) is 0 Å². The Morgan fingerprint density at radius 2 is 2.33 bits per heavy atom. The lowest BCUT2D eigenvalue weighted by Gasteiger charge is -2.27. The van der Waals surface area contributed by atoms with Crippen LogP contribution >= 0.6 is 0 Å². The van der Waals surface area contributed by atoms with Crippen LogP contribution in [0.1, 0.15) is 12.8 Å². The molecule has 2 atom stereocenters. The summed E-state index contributed by atoms with van der Waals surface area (Å²) >= 11 is 0. The smallest absolute Gasteiger partial charge is 0.407 e. The van der Waals surface area contributed by atoms with E-state index in [0.717, 1.165) is 12.8 Å². The number of hydrogen-bond donors (Lipinski definition) is 2. The van der Waals surface area contributed by atoms with Crippen LogP contribution in [-0.4, -0.2) is 43.5 Å². The number of carbonyl (C=O) groups excluding carboxylic acids is 1. The number of ether oxygens (including phenoxy) is 2. The van der Waals surface area contributed by atoms with Crippen LogP contribution in [0.4, 0.5) is 4.79 Å². The summed E-state index contributed by atoms with van der Waals surface area (Å²) in [6.07, 6.45) is 0.825. The van der Waals surface area contributed by atoms with Gasteiger partial charge in [0.1, 0.15) is 6.04 Å². The highest BCUT2D eigenvalue weighted by molar-refractivity contribution is 5.80. The van der Waals surface area contributed by atoms with Crippen molar-refractivity contribution in [3.8, 4) is 0 Å². The van der Waals surface area contributed by atoms with Gasteiger partial charge in [-0.2, -0.15) is 0 Å². The van der Waals surface area contributed by atoms with Gasteiger partial charge in [-0.15, -0.1) is 0 Å². The lowest BCUT2D eigenvalue weighted by molar-refractivity contribution is -0.142. The molecule has 6 nitrogen and oxygen atoms in total. The zero-order chi connectivity index (χ0) is 11.3. The number of rotatable bonds is 3. The van der Waals surface area contributed by atoms with Gasteiger partial charge in [-0.25, -0.2) is 9.59 Å². The van der Waals surface area contributed by atoms with Crippen molar-refractivity contribution >= 4 is 12.1 Å². The number of carboxylic acid groups (broad SMARTS) is 1. The Bertz CT molecular complexity index is 237. The molecule has 0 bridgehead atoms. The third-order valence-electron chi connectivity index (χ3n) is 2.39. The number of amides is 1. The second kappa shape index (κ2) is 5.55. The predicted octanol–water partition coefficient (Wildman–Crippen LogP) is 0.222. The van der Waals surface area contributed by atoms with E-state index < -0.39 is 18.1 Å². The second-order valence-electron chi connectivity index (χ2n) is 3.43. The van der Waals surface area contributed by atoms with Gasteiger partial charge >= 0.3 is 12.1 Å². The zero-order valence-corrected chi connectivity index (χ0v) is 8.56. The fraction of sp³-hybridized carbons (Fsp3) is 0.778. The number of nitrogens with one attached hydrogen (secondary N) is 1. The minimum atomic E-state index is -1.06. The first-order chi connectivity index (χ1) is 7.15. The fourth-order valence-corrected chi connectivity index (χ4v) is 1.60. The maximum absolute atomic E-state index is 10.9. The Morgan fingerprint density at radius 3 is 2.80 bits per heavy atom. The number of hydrogen-bond acceptors (Lipinski definition) is 4. The molecule has 0 aromatic heterocycles.